The number of aryl methyl sites for hydroxylation is 1. The van der Waals surface area contributed by atoms with E-state index in [1.807, 2.05) is 76.2 Å². The fourth-order valence-electron chi connectivity index (χ4n) is 2.97. The Morgan fingerprint density at radius 1 is 0.893 bits per heavy atom. The van der Waals surface area contributed by atoms with Crippen LogP contribution >= 0.6 is 0 Å². The highest BCUT2D eigenvalue weighted by Crippen LogP contribution is 2.21. The van der Waals surface area contributed by atoms with E-state index in [1.54, 1.807) is 0 Å². The van der Waals surface area contributed by atoms with Crippen molar-refractivity contribution < 1.29 is 14.3 Å². The maximum absolute atomic E-state index is 12.6. The molecule has 150 valence electrons. The molecule has 5 heteroatoms. The van der Waals surface area contributed by atoms with Crippen molar-refractivity contribution in [3.63, 3.8) is 0 Å². The summed E-state index contributed by atoms with van der Waals surface area (Å²) in [5.41, 5.74) is 3.04. The van der Waals surface area contributed by atoms with Crippen LogP contribution in [0.2, 0.25) is 0 Å². The quantitative estimate of drug-likeness (QED) is 0.718. The summed E-state index contributed by atoms with van der Waals surface area (Å²) >= 11 is 0. The molecule has 2 unspecified atom stereocenters. The van der Waals surface area contributed by atoms with Crippen LogP contribution in [-0.4, -0.2) is 17.9 Å². The fourth-order valence-corrected chi connectivity index (χ4v) is 2.97. The molecule has 0 aliphatic carbocycles. The van der Waals surface area contributed by atoms with Gasteiger partial charge in [0.15, 0.2) is 0 Å². The molecule has 0 saturated heterocycles. The van der Waals surface area contributed by atoms with Crippen LogP contribution < -0.4 is 15.4 Å². The number of rotatable bonds is 8. The van der Waals surface area contributed by atoms with Gasteiger partial charge in [-0.2, -0.15) is 0 Å². The second-order valence-corrected chi connectivity index (χ2v) is 7.39. The van der Waals surface area contributed by atoms with Crippen LogP contribution in [0.5, 0.6) is 5.75 Å². The van der Waals surface area contributed by atoms with E-state index < -0.39 is 0 Å². The molecule has 0 spiro atoms. The number of carbonyl (C=O) groups excluding carboxylic acids is 2. The van der Waals surface area contributed by atoms with Crippen molar-refractivity contribution in [2.24, 2.45) is 0 Å². The topological polar surface area (TPSA) is 67.4 Å². The van der Waals surface area contributed by atoms with Crippen LogP contribution in [0.15, 0.2) is 48.5 Å². The Morgan fingerprint density at radius 2 is 1.46 bits per heavy atom. The van der Waals surface area contributed by atoms with Crippen molar-refractivity contribution in [2.45, 2.75) is 59.2 Å². The third-order valence-corrected chi connectivity index (χ3v) is 4.38. The summed E-state index contributed by atoms with van der Waals surface area (Å²) in [5, 5.41) is 5.88. The van der Waals surface area contributed by atoms with Crippen molar-refractivity contribution >= 4 is 11.8 Å². The number of amides is 2. The second-order valence-electron chi connectivity index (χ2n) is 7.39. The van der Waals surface area contributed by atoms with Gasteiger partial charge in [0, 0.05) is 6.92 Å². The Morgan fingerprint density at radius 3 is 2.00 bits per heavy atom. The van der Waals surface area contributed by atoms with E-state index in [-0.39, 0.29) is 36.4 Å². The van der Waals surface area contributed by atoms with E-state index in [1.165, 1.54) is 6.92 Å². The molecule has 0 aliphatic rings. The minimum Gasteiger partial charge on any atom is -0.491 e. The number of nitrogens with one attached hydrogen (secondary N) is 2. The lowest BCUT2D eigenvalue weighted by Crippen LogP contribution is -2.33. The first-order chi connectivity index (χ1) is 13.2. The Hall–Kier alpha value is -2.82. The Bertz CT molecular complexity index is 782. The first-order valence-electron chi connectivity index (χ1n) is 9.64. The fraction of sp³-hybridized carbons (Fsp3) is 0.391. The zero-order valence-electron chi connectivity index (χ0n) is 17.3. The molecule has 2 rings (SSSR count). The maximum Gasteiger partial charge on any atom is 0.222 e. The zero-order chi connectivity index (χ0) is 20.7. The van der Waals surface area contributed by atoms with Crippen LogP contribution in [-0.2, 0) is 9.59 Å². The SMILES string of the molecule is CC(=O)NC(CC(=O)NC(C)c1ccc(OC(C)C)cc1)c1ccc(C)cc1. The normalized spacial score (nSPS) is 12.9. The third-order valence-electron chi connectivity index (χ3n) is 4.38. The van der Waals surface area contributed by atoms with E-state index in [9.17, 15) is 9.59 Å². The van der Waals surface area contributed by atoms with Crippen molar-refractivity contribution in [2.75, 3.05) is 0 Å². The summed E-state index contributed by atoms with van der Waals surface area (Å²) in [6, 6.07) is 15.1. The second kappa shape index (κ2) is 9.93. The van der Waals surface area contributed by atoms with Crippen LogP contribution in [0, 0.1) is 6.92 Å². The van der Waals surface area contributed by atoms with Gasteiger partial charge < -0.3 is 15.4 Å². The molecule has 2 atom stereocenters. The molecule has 2 N–H and O–H groups in total. The van der Waals surface area contributed by atoms with Gasteiger partial charge in [-0.05, 0) is 51.0 Å². The van der Waals surface area contributed by atoms with Gasteiger partial charge in [0.2, 0.25) is 11.8 Å². The van der Waals surface area contributed by atoms with Crippen LogP contribution in [0.1, 0.15) is 62.9 Å². The van der Waals surface area contributed by atoms with Gasteiger partial charge in [-0.15, -0.1) is 0 Å². The number of hydrogen-bond donors (Lipinski definition) is 2. The highest BCUT2D eigenvalue weighted by molar-refractivity contribution is 5.79. The molecule has 0 fully saturated rings. The van der Waals surface area contributed by atoms with Gasteiger partial charge >= 0.3 is 0 Å². The molecular weight excluding hydrogens is 352 g/mol. The molecule has 2 aromatic rings. The highest BCUT2D eigenvalue weighted by atomic mass is 16.5. The summed E-state index contributed by atoms with van der Waals surface area (Å²) in [6.45, 7) is 9.37. The molecule has 28 heavy (non-hydrogen) atoms. The first-order valence-corrected chi connectivity index (χ1v) is 9.64. The molecule has 0 saturated carbocycles. The summed E-state index contributed by atoms with van der Waals surface area (Å²) in [5.74, 6) is 0.531. The number of carbonyl (C=O) groups is 2. The number of ether oxygens (including phenoxy) is 1. The Balaban J connectivity index is 2.00. The lowest BCUT2D eigenvalue weighted by atomic mass is 10.0. The smallest absolute Gasteiger partial charge is 0.222 e. The molecule has 0 bridgehead atoms. The molecule has 2 amide bonds. The van der Waals surface area contributed by atoms with Crippen LogP contribution in [0.4, 0.5) is 0 Å². The summed E-state index contributed by atoms with van der Waals surface area (Å²) in [7, 11) is 0. The van der Waals surface area contributed by atoms with Gasteiger partial charge in [0.1, 0.15) is 5.75 Å². The van der Waals surface area contributed by atoms with Crippen molar-refractivity contribution in [1.82, 2.24) is 10.6 Å². The van der Waals surface area contributed by atoms with Gasteiger partial charge in [0.05, 0.1) is 24.6 Å². The maximum atomic E-state index is 12.6. The molecule has 0 radical (unpaired) electrons. The molecular formula is C23H30N2O3. The van der Waals surface area contributed by atoms with Gasteiger partial charge in [-0.25, -0.2) is 0 Å². The highest BCUT2D eigenvalue weighted by Gasteiger charge is 2.19. The minimum absolute atomic E-state index is 0.116. The molecule has 5 nitrogen and oxygen atoms in total. The molecule has 0 heterocycles. The predicted octanol–water partition coefficient (Wildman–Crippen LogP) is 4.23. The monoisotopic (exact) mass is 382 g/mol. The number of hydrogen-bond acceptors (Lipinski definition) is 3. The van der Waals surface area contributed by atoms with Crippen molar-refractivity contribution in [3.05, 3.63) is 65.2 Å². The van der Waals surface area contributed by atoms with E-state index in [0.29, 0.717) is 0 Å². The molecule has 2 aromatic carbocycles. The molecule has 0 aliphatic heterocycles. The first kappa shape index (κ1) is 21.5. The average molecular weight is 383 g/mol. The van der Waals surface area contributed by atoms with Crippen molar-refractivity contribution in [3.8, 4) is 5.75 Å². The largest absolute Gasteiger partial charge is 0.491 e. The lowest BCUT2D eigenvalue weighted by Gasteiger charge is -2.21. The summed E-state index contributed by atoms with van der Waals surface area (Å²) in [6.07, 6.45) is 0.303. The standard InChI is InChI=1S/C23H30N2O3/c1-15(2)28-21-12-10-19(11-13-21)17(4)24-23(27)14-22(25-18(5)26)20-8-6-16(3)7-9-20/h6-13,15,17,22H,14H2,1-5H3,(H,24,27)(H,25,26). The van der Waals surface area contributed by atoms with E-state index in [0.717, 1.165) is 22.4 Å². The lowest BCUT2D eigenvalue weighted by molar-refractivity contribution is -0.123. The summed E-state index contributed by atoms with van der Waals surface area (Å²) < 4.78 is 5.65. The van der Waals surface area contributed by atoms with Gasteiger partial charge in [-0.1, -0.05) is 42.0 Å². The van der Waals surface area contributed by atoms with Gasteiger partial charge in [0.25, 0.3) is 0 Å². The Labute approximate surface area is 167 Å². The summed E-state index contributed by atoms with van der Waals surface area (Å²) in [4.78, 5) is 24.2. The van der Waals surface area contributed by atoms with E-state index in [2.05, 4.69) is 10.6 Å². The number of benzene rings is 2. The van der Waals surface area contributed by atoms with E-state index >= 15 is 0 Å². The Kier molecular flexibility index (Phi) is 7.61. The average Bonchev–Trinajstić information content (AvgIpc) is 2.61. The zero-order valence-corrected chi connectivity index (χ0v) is 17.3. The van der Waals surface area contributed by atoms with Crippen LogP contribution in [0.25, 0.3) is 0 Å². The van der Waals surface area contributed by atoms with Crippen LogP contribution in [0.3, 0.4) is 0 Å². The minimum atomic E-state index is -0.355. The van der Waals surface area contributed by atoms with Crippen molar-refractivity contribution in [1.29, 1.82) is 0 Å². The van der Waals surface area contributed by atoms with Gasteiger partial charge in [-0.3, -0.25) is 9.59 Å². The predicted molar refractivity (Wildman–Crippen MR) is 111 cm³/mol. The molecule has 0 aromatic heterocycles. The third kappa shape index (κ3) is 6.72. The van der Waals surface area contributed by atoms with E-state index in [4.69, 9.17) is 4.74 Å².